The highest BCUT2D eigenvalue weighted by Crippen LogP contribution is 2.35. The molecule has 0 atom stereocenters. The Bertz CT molecular complexity index is 922. The molecule has 2 saturated carbocycles. The Balaban J connectivity index is 1.15. The zero-order chi connectivity index (χ0) is 23.5. The van der Waals surface area contributed by atoms with Crippen molar-refractivity contribution in [1.82, 2.24) is 15.0 Å². The van der Waals surface area contributed by atoms with Crippen molar-refractivity contribution in [3.63, 3.8) is 0 Å². The zero-order valence-corrected chi connectivity index (χ0v) is 21.2. The van der Waals surface area contributed by atoms with Crippen LogP contribution in [0.2, 0.25) is 0 Å². The van der Waals surface area contributed by atoms with Gasteiger partial charge in [0.2, 0.25) is 0 Å². The number of nitrogens with zero attached hydrogens (tertiary/aromatic N) is 3. The summed E-state index contributed by atoms with van der Waals surface area (Å²) < 4.78 is 12.1. The van der Waals surface area contributed by atoms with E-state index in [0.29, 0.717) is 0 Å². The monoisotopic (exact) mass is 469 g/mol. The summed E-state index contributed by atoms with van der Waals surface area (Å²) in [5.41, 5.74) is 3.14. The molecule has 2 aromatic rings. The molecule has 5 rings (SSSR count). The second-order valence-corrected chi connectivity index (χ2v) is 11.5. The van der Waals surface area contributed by atoms with Gasteiger partial charge >= 0.3 is 0 Å². The highest BCUT2D eigenvalue weighted by atomic mass is 16.5. The van der Waals surface area contributed by atoms with Crippen molar-refractivity contribution < 1.29 is 14.4 Å². The van der Waals surface area contributed by atoms with Gasteiger partial charge in [0.15, 0.2) is 5.58 Å². The third-order valence-corrected chi connectivity index (χ3v) is 8.25. The van der Waals surface area contributed by atoms with E-state index < -0.39 is 0 Å². The molecule has 6 heteroatoms. The lowest BCUT2D eigenvalue weighted by molar-refractivity contribution is 0.0842. The molecule has 1 aliphatic heterocycles. The lowest BCUT2D eigenvalue weighted by Gasteiger charge is -2.36. The second kappa shape index (κ2) is 11.0. The molecule has 1 N–H and O–H groups in total. The third kappa shape index (κ3) is 6.13. The van der Waals surface area contributed by atoms with E-state index in [4.69, 9.17) is 9.26 Å². The van der Waals surface area contributed by atoms with Crippen LogP contribution in [0, 0.1) is 17.8 Å². The maximum atomic E-state index is 9.75. The number of aliphatic hydroxyl groups excluding tert-OH is 1. The van der Waals surface area contributed by atoms with E-state index in [1.165, 1.54) is 64.6 Å². The van der Waals surface area contributed by atoms with Crippen molar-refractivity contribution in [2.24, 2.45) is 17.8 Å². The predicted molar refractivity (Wildman–Crippen MR) is 135 cm³/mol. The Morgan fingerprint density at radius 2 is 1.74 bits per heavy atom. The molecule has 2 heterocycles. The van der Waals surface area contributed by atoms with Gasteiger partial charge in [-0.15, -0.1) is 0 Å². The number of benzene rings is 1. The van der Waals surface area contributed by atoms with Gasteiger partial charge in [-0.05, 0) is 121 Å². The number of piperidine rings is 1. The van der Waals surface area contributed by atoms with Gasteiger partial charge in [0.05, 0.1) is 24.0 Å². The molecule has 1 aromatic heterocycles. The molecule has 0 unspecified atom stereocenters. The minimum absolute atomic E-state index is 0.0459. The zero-order valence-electron chi connectivity index (χ0n) is 21.2. The predicted octanol–water partition coefficient (Wildman–Crippen LogP) is 4.87. The number of likely N-dealkylation sites (tertiary alicyclic amines) is 1. The van der Waals surface area contributed by atoms with E-state index in [-0.39, 0.29) is 6.10 Å². The topological polar surface area (TPSA) is 62.0 Å². The number of hydrogen-bond acceptors (Lipinski definition) is 6. The number of fused-ring (bicyclic) bond motifs is 1. The number of rotatable bonds is 10. The first-order chi connectivity index (χ1) is 16.5. The van der Waals surface area contributed by atoms with Crippen LogP contribution in [-0.4, -0.2) is 66.5 Å². The highest BCUT2D eigenvalue weighted by Gasteiger charge is 2.26. The van der Waals surface area contributed by atoms with Crippen molar-refractivity contribution in [2.75, 3.05) is 40.3 Å². The first-order valence-electron chi connectivity index (χ1n) is 13.6. The van der Waals surface area contributed by atoms with Crippen molar-refractivity contribution in [3.05, 3.63) is 23.4 Å². The minimum atomic E-state index is -0.0459. The molecule has 188 valence electrons. The van der Waals surface area contributed by atoms with Gasteiger partial charge in [0.25, 0.3) is 0 Å². The minimum Gasteiger partial charge on any atom is -0.493 e. The number of aliphatic hydroxyl groups is 1. The van der Waals surface area contributed by atoms with Crippen molar-refractivity contribution in [2.45, 2.75) is 76.9 Å². The Kier molecular flexibility index (Phi) is 7.77. The third-order valence-electron chi connectivity index (χ3n) is 8.25. The van der Waals surface area contributed by atoms with Crippen molar-refractivity contribution >= 4 is 11.0 Å². The molecule has 0 amide bonds. The summed E-state index contributed by atoms with van der Waals surface area (Å²) in [5, 5.41) is 15.4. The fraction of sp³-hybridized carbons (Fsp3) is 0.750. The SMILES string of the molecule is CN(C)Cc1c(OCC2CC2)ccc2c(CCC3CCN(CC4CCC(O)CC4)CC3)noc12. The van der Waals surface area contributed by atoms with Crippen LogP contribution in [0.5, 0.6) is 5.75 Å². The molecule has 0 bridgehead atoms. The molecule has 34 heavy (non-hydrogen) atoms. The van der Waals surface area contributed by atoms with Crippen LogP contribution in [0.4, 0.5) is 0 Å². The van der Waals surface area contributed by atoms with Crippen LogP contribution in [0.1, 0.15) is 69.0 Å². The molecular formula is C28H43N3O3. The molecular weight excluding hydrogens is 426 g/mol. The van der Waals surface area contributed by atoms with Crippen molar-refractivity contribution in [1.29, 1.82) is 0 Å². The summed E-state index contributed by atoms with van der Waals surface area (Å²) in [6.45, 7) is 5.28. The fourth-order valence-electron chi connectivity index (χ4n) is 5.86. The maximum absolute atomic E-state index is 9.75. The Morgan fingerprint density at radius 3 is 2.44 bits per heavy atom. The van der Waals surface area contributed by atoms with Crippen molar-refractivity contribution in [3.8, 4) is 5.75 Å². The van der Waals surface area contributed by atoms with Gasteiger partial charge in [-0.3, -0.25) is 0 Å². The van der Waals surface area contributed by atoms with Gasteiger partial charge in [0.1, 0.15) is 5.75 Å². The number of aromatic nitrogens is 1. The molecule has 1 aromatic carbocycles. The van der Waals surface area contributed by atoms with E-state index in [1.807, 2.05) is 0 Å². The average Bonchev–Trinajstić information content (AvgIpc) is 3.57. The second-order valence-electron chi connectivity index (χ2n) is 11.5. The fourth-order valence-corrected chi connectivity index (χ4v) is 5.86. The number of hydrogen-bond donors (Lipinski definition) is 1. The molecule has 1 saturated heterocycles. The lowest BCUT2D eigenvalue weighted by Crippen LogP contribution is -2.38. The average molecular weight is 470 g/mol. The smallest absolute Gasteiger partial charge is 0.175 e. The Hall–Kier alpha value is -1.63. The summed E-state index contributed by atoms with van der Waals surface area (Å²) in [7, 11) is 4.18. The molecule has 3 aliphatic rings. The molecule has 0 radical (unpaired) electrons. The first-order valence-corrected chi connectivity index (χ1v) is 13.6. The Labute approximate surface area is 204 Å². The quantitative estimate of drug-likeness (QED) is 0.535. The Morgan fingerprint density at radius 1 is 1.00 bits per heavy atom. The van der Waals surface area contributed by atoms with Crippen LogP contribution >= 0.6 is 0 Å². The first kappa shape index (κ1) is 24.1. The molecule has 0 spiro atoms. The van der Waals surface area contributed by atoms with Gasteiger partial charge in [-0.1, -0.05) is 5.16 Å². The van der Waals surface area contributed by atoms with Gasteiger partial charge < -0.3 is 24.2 Å². The normalized spacial score (nSPS) is 24.8. The van der Waals surface area contributed by atoms with Crippen LogP contribution in [0.15, 0.2) is 16.7 Å². The lowest BCUT2D eigenvalue weighted by atomic mass is 9.86. The van der Waals surface area contributed by atoms with Crippen LogP contribution in [0.3, 0.4) is 0 Å². The van der Waals surface area contributed by atoms with E-state index in [0.717, 1.165) is 78.1 Å². The maximum Gasteiger partial charge on any atom is 0.175 e. The summed E-state index contributed by atoms with van der Waals surface area (Å²) in [6.07, 6.45) is 11.7. The summed E-state index contributed by atoms with van der Waals surface area (Å²) in [4.78, 5) is 4.84. The number of ether oxygens (including phenoxy) is 1. The van der Waals surface area contributed by atoms with Crippen LogP contribution < -0.4 is 4.74 Å². The largest absolute Gasteiger partial charge is 0.493 e. The summed E-state index contributed by atoms with van der Waals surface area (Å²) >= 11 is 0. The standard InChI is InChI=1S/C28H43N3O3/c1-30(2)18-25-27(33-19-22-3-4-22)12-10-24-26(29-34-28(24)25)11-7-20-13-15-31(16-14-20)17-21-5-8-23(32)9-6-21/h10,12,20-23,32H,3-9,11,13-19H2,1-2H3. The molecule has 6 nitrogen and oxygen atoms in total. The van der Waals surface area contributed by atoms with Crippen LogP contribution in [0.25, 0.3) is 11.0 Å². The van der Waals surface area contributed by atoms with E-state index in [9.17, 15) is 5.11 Å². The van der Waals surface area contributed by atoms with Gasteiger partial charge in [-0.25, -0.2) is 0 Å². The number of aryl methyl sites for hydroxylation is 1. The summed E-state index contributed by atoms with van der Waals surface area (Å²) in [5.74, 6) is 3.25. The van der Waals surface area contributed by atoms with E-state index >= 15 is 0 Å². The molecule has 3 fully saturated rings. The van der Waals surface area contributed by atoms with Crippen LogP contribution in [-0.2, 0) is 13.0 Å². The highest BCUT2D eigenvalue weighted by molar-refractivity contribution is 5.84. The van der Waals surface area contributed by atoms with Gasteiger partial charge in [-0.2, -0.15) is 0 Å². The van der Waals surface area contributed by atoms with E-state index in [1.54, 1.807) is 0 Å². The van der Waals surface area contributed by atoms with E-state index in [2.05, 4.69) is 41.2 Å². The van der Waals surface area contributed by atoms with Gasteiger partial charge in [0, 0.05) is 18.5 Å². The summed E-state index contributed by atoms with van der Waals surface area (Å²) in [6, 6.07) is 4.29. The molecule has 2 aliphatic carbocycles.